The van der Waals surface area contributed by atoms with Gasteiger partial charge in [-0.2, -0.15) is 0 Å². The molecule has 0 aliphatic heterocycles. The molecule has 3 aromatic rings. The van der Waals surface area contributed by atoms with Gasteiger partial charge in [-0.3, -0.25) is 0 Å². The van der Waals surface area contributed by atoms with Gasteiger partial charge in [0.15, 0.2) is 0 Å². The number of benzene rings is 3. The zero-order valence-corrected chi connectivity index (χ0v) is 18.1. The first-order chi connectivity index (χ1) is 14.0. The highest BCUT2D eigenvalue weighted by molar-refractivity contribution is 7.99. The molecule has 0 saturated heterocycles. The molecular weight excluding hydrogens is 374 g/mol. The number of nitrogens with zero attached hydrogens (tertiary/aromatic N) is 1. The summed E-state index contributed by atoms with van der Waals surface area (Å²) in [5.41, 5.74) is 6.99. The molecule has 1 aliphatic rings. The maximum Gasteiger partial charge on any atom is 0.0867 e. The molecule has 0 heterocycles. The van der Waals surface area contributed by atoms with E-state index in [-0.39, 0.29) is 5.41 Å². The molecule has 148 valence electrons. The number of unbranched alkanes of at least 4 members (excludes halogenated alkanes) is 1. The van der Waals surface area contributed by atoms with E-state index < -0.39 is 0 Å². The summed E-state index contributed by atoms with van der Waals surface area (Å²) in [5, 5.41) is 13.1. The molecule has 4 rings (SSSR count). The van der Waals surface area contributed by atoms with Crippen LogP contribution in [0.5, 0.6) is 0 Å². The standard InChI is InChI=1S/C26H27NOS/c1-4-5-11-25(27-28)18-12-14-21-22-15-13-20(29-19-9-7-6-8-10-19)17-24(22)26(2,3)23(21)16-18/h6-10,12-17,28H,4-5,11H2,1-3H3/b27-25+. The fourth-order valence-electron chi connectivity index (χ4n) is 4.18. The SMILES string of the molecule is CCCC/C(=N\O)c1ccc2c(c1)C(C)(C)c1cc(Sc3ccccc3)ccc1-2. The third-order valence-electron chi connectivity index (χ3n) is 5.85. The van der Waals surface area contributed by atoms with Gasteiger partial charge in [0.2, 0.25) is 0 Å². The zero-order chi connectivity index (χ0) is 20.4. The van der Waals surface area contributed by atoms with Crippen LogP contribution >= 0.6 is 11.8 Å². The van der Waals surface area contributed by atoms with Gasteiger partial charge < -0.3 is 5.21 Å². The number of rotatable bonds is 6. The molecular formula is C26H27NOS. The lowest BCUT2D eigenvalue weighted by molar-refractivity contribution is 0.318. The largest absolute Gasteiger partial charge is 0.411 e. The van der Waals surface area contributed by atoms with Gasteiger partial charge in [-0.25, -0.2) is 0 Å². The summed E-state index contributed by atoms with van der Waals surface area (Å²) < 4.78 is 0. The molecule has 0 unspecified atom stereocenters. The van der Waals surface area contributed by atoms with E-state index >= 15 is 0 Å². The Hall–Kier alpha value is -2.52. The van der Waals surface area contributed by atoms with Crippen LogP contribution in [0.1, 0.15) is 56.7 Å². The molecule has 0 atom stereocenters. The number of hydrogen-bond acceptors (Lipinski definition) is 3. The second-order valence-electron chi connectivity index (χ2n) is 8.16. The second kappa shape index (κ2) is 8.08. The van der Waals surface area contributed by atoms with Gasteiger partial charge in [0, 0.05) is 15.2 Å². The Morgan fingerprint density at radius 3 is 2.28 bits per heavy atom. The molecule has 2 nitrogen and oxygen atoms in total. The molecule has 0 spiro atoms. The predicted octanol–water partition coefficient (Wildman–Crippen LogP) is 7.51. The van der Waals surface area contributed by atoms with Gasteiger partial charge in [-0.15, -0.1) is 0 Å². The highest BCUT2D eigenvalue weighted by Gasteiger charge is 2.36. The number of hydrogen-bond donors (Lipinski definition) is 1. The summed E-state index contributed by atoms with van der Waals surface area (Å²) in [7, 11) is 0. The van der Waals surface area contributed by atoms with Gasteiger partial charge in [-0.05, 0) is 71.0 Å². The van der Waals surface area contributed by atoms with Crippen molar-refractivity contribution in [2.24, 2.45) is 5.16 Å². The van der Waals surface area contributed by atoms with Crippen molar-refractivity contribution in [3.8, 4) is 11.1 Å². The first-order valence-corrected chi connectivity index (χ1v) is 11.1. The molecule has 1 N–H and O–H groups in total. The van der Waals surface area contributed by atoms with E-state index in [0.717, 1.165) is 30.5 Å². The summed E-state index contributed by atoms with van der Waals surface area (Å²) in [4.78, 5) is 2.51. The van der Waals surface area contributed by atoms with E-state index in [9.17, 15) is 5.21 Å². The van der Waals surface area contributed by atoms with Crippen LogP contribution in [0.25, 0.3) is 11.1 Å². The molecule has 1 aliphatic carbocycles. The molecule has 29 heavy (non-hydrogen) atoms. The third kappa shape index (κ3) is 3.72. The normalized spacial score (nSPS) is 14.5. The fraction of sp³-hybridized carbons (Fsp3) is 0.269. The Morgan fingerprint density at radius 2 is 1.59 bits per heavy atom. The minimum Gasteiger partial charge on any atom is -0.411 e. The Labute approximate surface area is 177 Å². The lowest BCUT2D eigenvalue weighted by Crippen LogP contribution is -2.16. The molecule has 3 heteroatoms. The maximum atomic E-state index is 9.52. The third-order valence-corrected chi connectivity index (χ3v) is 6.84. The maximum absolute atomic E-state index is 9.52. The van der Waals surface area contributed by atoms with Gasteiger partial charge >= 0.3 is 0 Å². The topological polar surface area (TPSA) is 32.6 Å². The molecule has 0 radical (unpaired) electrons. The van der Waals surface area contributed by atoms with Crippen molar-refractivity contribution in [3.05, 3.63) is 83.4 Å². The summed E-state index contributed by atoms with van der Waals surface area (Å²) in [6, 6.07) is 23.8. The molecule has 0 bridgehead atoms. The average Bonchev–Trinajstić information content (AvgIpc) is 2.96. The lowest BCUT2D eigenvalue weighted by atomic mass is 9.81. The van der Waals surface area contributed by atoms with Crippen molar-refractivity contribution in [2.75, 3.05) is 0 Å². The van der Waals surface area contributed by atoms with Crippen LogP contribution in [0, 0.1) is 0 Å². The van der Waals surface area contributed by atoms with Crippen LogP contribution < -0.4 is 0 Å². The van der Waals surface area contributed by atoms with Crippen molar-refractivity contribution in [2.45, 2.75) is 55.2 Å². The molecule has 0 fully saturated rings. The van der Waals surface area contributed by atoms with Crippen LogP contribution in [0.2, 0.25) is 0 Å². The van der Waals surface area contributed by atoms with Crippen molar-refractivity contribution < 1.29 is 5.21 Å². The highest BCUT2D eigenvalue weighted by atomic mass is 32.2. The minimum absolute atomic E-state index is 0.0841. The molecule has 3 aromatic carbocycles. The average molecular weight is 402 g/mol. The summed E-state index contributed by atoms with van der Waals surface area (Å²) >= 11 is 1.80. The van der Waals surface area contributed by atoms with E-state index in [1.165, 1.54) is 32.0 Å². The van der Waals surface area contributed by atoms with E-state index in [1.807, 2.05) is 0 Å². The van der Waals surface area contributed by atoms with Crippen LogP contribution in [-0.4, -0.2) is 10.9 Å². The zero-order valence-electron chi connectivity index (χ0n) is 17.3. The quantitative estimate of drug-likeness (QED) is 0.263. The molecule has 0 saturated carbocycles. The van der Waals surface area contributed by atoms with Gasteiger partial charge in [0.1, 0.15) is 0 Å². The first-order valence-electron chi connectivity index (χ1n) is 10.3. The minimum atomic E-state index is -0.0841. The van der Waals surface area contributed by atoms with E-state index in [1.54, 1.807) is 11.8 Å². The number of oxime groups is 1. The van der Waals surface area contributed by atoms with Crippen LogP contribution in [0.4, 0.5) is 0 Å². The van der Waals surface area contributed by atoms with Crippen LogP contribution in [0.15, 0.2) is 81.7 Å². The van der Waals surface area contributed by atoms with Crippen LogP contribution in [-0.2, 0) is 5.41 Å². The van der Waals surface area contributed by atoms with E-state index in [0.29, 0.717) is 0 Å². The lowest BCUT2D eigenvalue weighted by Gasteiger charge is -2.22. The van der Waals surface area contributed by atoms with Crippen LogP contribution in [0.3, 0.4) is 0 Å². The Morgan fingerprint density at radius 1 is 0.897 bits per heavy atom. The van der Waals surface area contributed by atoms with Crippen molar-refractivity contribution in [1.29, 1.82) is 0 Å². The predicted molar refractivity (Wildman–Crippen MR) is 122 cm³/mol. The van der Waals surface area contributed by atoms with Crippen molar-refractivity contribution in [3.63, 3.8) is 0 Å². The van der Waals surface area contributed by atoms with E-state index in [4.69, 9.17) is 0 Å². The van der Waals surface area contributed by atoms with Gasteiger partial charge in [0.25, 0.3) is 0 Å². The summed E-state index contributed by atoms with van der Waals surface area (Å²) in [5.74, 6) is 0. The molecule has 0 aromatic heterocycles. The van der Waals surface area contributed by atoms with E-state index in [2.05, 4.69) is 92.7 Å². The monoisotopic (exact) mass is 401 g/mol. The van der Waals surface area contributed by atoms with Gasteiger partial charge in [-0.1, -0.05) is 80.5 Å². The van der Waals surface area contributed by atoms with Crippen molar-refractivity contribution >= 4 is 17.5 Å². The Bertz CT molecular complexity index is 1050. The Balaban J connectivity index is 1.70. The second-order valence-corrected chi connectivity index (χ2v) is 9.31. The highest BCUT2D eigenvalue weighted by Crippen LogP contribution is 2.50. The number of fused-ring (bicyclic) bond motifs is 3. The van der Waals surface area contributed by atoms with Gasteiger partial charge in [0.05, 0.1) is 5.71 Å². The summed E-state index contributed by atoms with van der Waals surface area (Å²) in [6.45, 7) is 6.74. The fourth-order valence-corrected chi connectivity index (χ4v) is 5.06. The summed E-state index contributed by atoms with van der Waals surface area (Å²) in [6.07, 6.45) is 2.92. The molecule has 0 amide bonds. The smallest absolute Gasteiger partial charge is 0.0867 e. The van der Waals surface area contributed by atoms with Crippen molar-refractivity contribution in [1.82, 2.24) is 0 Å². The first kappa shape index (κ1) is 19.8. The Kier molecular flexibility index (Phi) is 5.51.